The molecule has 0 aromatic heterocycles. The van der Waals surface area contributed by atoms with E-state index < -0.39 is 0 Å². The number of carbonyl (C=O) groups excluding carboxylic acids is 1. The normalized spacial score (nSPS) is 13.7. The Morgan fingerprint density at radius 3 is 2.53 bits per heavy atom. The van der Waals surface area contributed by atoms with Crippen LogP contribution in [-0.2, 0) is 9.53 Å². The molecule has 0 aliphatic heterocycles. The number of hydrogen-bond acceptors (Lipinski definition) is 4. The number of carbonyl (C=O) groups is 1. The minimum Gasteiger partial charge on any atom is -0.459 e. The molecule has 0 rings (SSSR count). The third kappa shape index (κ3) is 10.1. The van der Waals surface area contributed by atoms with Gasteiger partial charge >= 0.3 is 5.97 Å². The smallest absolute Gasteiger partial charge is 0.316 e. The minimum absolute atomic E-state index is 0.129. The molecule has 0 amide bonds. The highest BCUT2D eigenvalue weighted by atomic mass is 32.2. The summed E-state index contributed by atoms with van der Waals surface area (Å²) in [6.07, 6.45) is 0. The van der Waals surface area contributed by atoms with Crippen LogP contribution in [-0.4, -0.2) is 35.7 Å². The molecular weight excluding hydrogens is 210 g/mol. The molecule has 4 heteroatoms. The molecule has 90 valence electrons. The Labute approximate surface area is 97.3 Å². The average Bonchev–Trinajstić information content (AvgIpc) is 2.00. The molecule has 15 heavy (non-hydrogen) atoms. The van der Waals surface area contributed by atoms with E-state index in [1.807, 2.05) is 20.8 Å². The van der Waals surface area contributed by atoms with Crippen LogP contribution in [0, 0.1) is 0 Å². The molecule has 0 aromatic carbocycles. The lowest BCUT2D eigenvalue weighted by atomic mass is 10.2. The largest absolute Gasteiger partial charge is 0.459 e. The van der Waals surface area contributed by atoms with Gasteiger partial charge in [-0.3, -0.25) is 4.79 Å². The maximum absolute atomic E-state index is 11.3. The molecule has 0 heterocycles. The van der Waals surface area contributed by atoms with Crippen LogP contribution in [0.2, 0.25) is 0 Å². The Balaban J connectivity index is 3.55. The Kier molecular flexibility index (Phi) is 7.02. The molecule has 0 aromatic rings. The standard InChI is InChI=1S/C11H23NO2S/c1-6-12-9(2)7-15-8-10(13)14-11(3,4)5/h9,12H,6-8H2,1-5H3. The summed E-state index contributed by atoms with van der Waals surface area (Å²) in [4.78, 5) is 11.3. The van der Waals surface area contributed by atoms with Crippen molar-refractivity contribution in [2.24, 2.45) is 0 Å². The molecule has 0 aliphatic rings. The minimum atomic E-state index is -0.370. The monoisotopic (exact) mass is 233 g/mol. The molecule has 1 atom stereocenters. The van der Waals surface area contributed by atoms with Crippen LogP contribution in [0.15, 0.2) is 0 Å². The number of hydrogen-bond donors (Lipinski definition) is 1. The fourth-order valence-electron chi connectivity index (χ4n) is 1.10. The lowest BCUT2D eigenvalue weighted by molar-refractivity contribution is -0.151. The number of ether oxygens (including phenoxy) is 1. The van der Waals surface area contributed by atoms with E-state index in [1.54, 1.807) is 11.8 Å². The number of thioether (sulfide) groups is 1. The predicted molar refractivity (Wildman–Crippen MR) is 66.3 cm³/mol. The first-order valence-corrected chi connectivity index (χ1v) is 6.53. The lowest BCUT2D eigenvalue weighted by Crippen LogP contribution is -2.29. The number of rotatable bonds is 6. The van der Waals surface area contributed by atoms with Gasteiger partial charge in [0.2, 0.25) is 0 Å². The van der Waals surface area contributed by atoms with Gasteiger partial charge in [-0.15, -0.1) is 11.8 Å². The van der Waals surface area contributed by atoms with E-state index in [2.05, 4.69) is 19.2 Å². The molecule has 1 unspecified atom stereocenters. The first-order valence-electron chi connectivity index (χ1n) is 5.38. The summed E-state index contributed by atoms with van der Waals surface area (Å²) in [5, 5.41) is 3.29. The second-order valence-corrected chi connectivity index (χ2v) is 5.59. The highest BCUT2D eigenvalue weighted by molar-refractivity contribution is 7.99. The van der Waals surface area contributed by atoms with E-state index in [1.165, 1.54) is 0 Å². The van der Waals surface area contributed by atoms with Gasteiger partial charge in [0.25, 0.3) is 0 Å². The Morgan fingerprint density at radius 2 is 2.07 bits per heavy atom. The van der Waals surface area contributed by atoms with E-state index in [4.69, 9.17) is 4.74 Å². The highest BCUT2D eigenvalue weighted by Crippen LogP contribution is 2.10. The number of nitrogens with one attached hydrogen (secondary N) is 1. The van der Waals surface area contributed by atoms with Crippen LogP contribution in [0.25, 0.3) is 0 Å². The van der Waals surface area contributed by atoms with E-state index in [9.17, 15) is 4.79 Å². The van der Waals surface area contributed by atoms with Gasteiger partial charge in [0, 0.05) is 11.8 Å². The van der Waals surface area contributed by atoms with E-state index >= 15 is 0 Å². The SMILES string of the molecule is CCNC(C)CSCC(=O)OC(C)(C)C. The van der Waals surface area contributed by atoms with Crippen LogP contribution < -0.4 is 5.32 Å². The third-order valence-corrected chi connectivity index (χ3v) is 2.74. The molecule has 0 spiro atoms. The van der Waals surface area contributed by atoms with Gasteiger partial charge in [-0.05, 0) is 34.2 Å². The van der Waals surface area contributed by atoms with E-state index in [0.717, 1.165) is 12.3 Å². The number of esters is 1. The average molecular weight is 233 g/mol. The maximum Gasteiger partial charge on any atom is 0.316 e. The quantitative estimate of drug-likeness (QED) is 0.713. The molecule has 0 aliphatic carbocycles. The van der Waals surface area contributed by atoms with Crippen LogP contribution in [0.4, 0.5) is 0 Å². The zero-order valence-corrected chi connectivity index (χ0v) is 11.2. The first kappa shape index (κ1) is 14.8. The Morgan fingerprint density at radius 1 is 1.47 bits per heavy atom. The van der Waals surface area contributed by atoms with Gasteiger partial charge in [0.1, 0.15) is 5.60 Å². The topological polar surface area (TPSA) is 38.3 Å². The molecule has 0 fully saturated rings. The second-order valence-electron chi connectivity index (χ2n) is 4.56. The molecule has 0 saturated carbocycles. The zero-order valence-electron chi connectivity index (χ0n) is 10.4. The van der Waals surface area contributed by atoms with Gasteiger partial charge < -0.3 is 10.1 Å². The lowest BCUT2D eigenvalue weighted by Gasteiger charge is -2.19. The first-order chi connectivity index (χ1) is 6.85. The molecular formula is C11H23NO2S. The van der Waals surface area contributed by atoms with Crippen LogP contribution >= 0.6 is 11.8 Å². The summed E-state index contributed by atoms with van der Waals surface area (Å²) in [7, 11) is 0. The second kappa shape index (κ2) is 7.12. The van der Waals surface area contributed by atoms with E-state index in [-0.39, 0.29) is 11.6 Å². The summed E-state index contributed by atoms with van der Waals surface area (Å²) < 4.78 is 5.20. The van der Waals surface area contributed by atoms with Crippen molar-refractivity contribution in [3.63, 3.8) is 0 Å². The zero-order chi connectivity index (χ0) is 11.9. The van der Waals surface area contributed by atoms with Crippen molar-refractivity contribution in [3.05, 3.63) is 0 Å². The summed E-state index contributed by atoms with van der Waals surface area (Å²) >= 11 is 1.61. The molecule has 0 bridgehead atoms. The van der Waals surface area contributed by atoms with Crippen molar-refractivity contribution in [2.75, 3.05) is 18.1 Å². The predicted octanol–water partition coefficient (Wildman–Crippen LogP) is 2.06. The van der Waals surface area contributed by atoms with Crippen LogP contribution in [0.3, 0.4) is 0 Å². The Bertz CT molecular complexity index is 190. The fraction of sp³-hybridized carbons (Fsp3) is 0.909. The van der Waals surface area contributed by atoms with Crippen molar-refractivity contribution < 1.29 is 9.53 Å². The van der Waals surface area contributed by atoms with Gasteiger partial charge in [-0.1, -0.05) is 6.92 Å². The fourth-order valence-corrected chi connectivity index (χ4v) is 1.91. The van der Waals surface area contributed by atoms with Crippen molar-refractivity contribution in [2.45, 2.75) is 46.3 Å². The molecule has 0 saturated heterocycles. The molecule has 3 nitrogen and oxygen atoms in total. The Hall–Kier alpha value is -0.220. The molecule has 1 N–H and O–H groups in total. The van der Waals surface area contributed by atoms with Crippen molar-refractivity contribution >= 4 is 17.7 Å². The van der Waals surface area contributed by atoms with Crippen molar-refractivity contribution in [1.29, 1.82) is 0 Å². The van der Waals surface area contributed by atoms with Crippen LogP contribution in [0.5, 0.6) is 0 Å². The van der Waals surface area contributed by atoms with Crippen molar-refractivity contribution in [1.82, 2.24) is 5.32 Å². The third-order valence-electron chi connectivity index (χ3n) is 1.56. The molecule has 0 radical (unpaired) electrons. The maximum atomic E-state index is 11.3. The summed E-state index contributed by atoms with van der Waals surface area (Å²) in [5.74, 6) is 1.25. The van der Waals surface area contributed by atoms with E-state index in [0.29, 0.717) is 11.8 Å². The highest BCUT2D eigenvalue weighted by Gasteiger charge is 2.16. The van der Waals surface area contributed by atoms with Crippen molar-refractivity contribution in [3.8, 4) is 0 Å². The summed E-state index contributed by atoms with van der Waals surface area (Å²) in [6, 6.07) is 0.447. The van der Waals surface area contributed by atoms with Gasteiger partial charge in [-0.25, -0.2) is 0 Å². The van der Waals surface area contributed by atoms with Gasteiger partial charge in [-0.2, -0.15) is 0 Å². The summed E-state index contributed by atoms with van der Waals surface area (Å²) in [5.41, 5.74) is -0.370. The van der Waals surface area contributed by atoms with Gasteiger partial charge in [0.15, 0.2) is 0 Å². The summed E-state index contributed by atoms with van der Waals surface area (Å²) in [6.45, 7) is 10.8. The van der Waals surface area contributed by atoms with Gasteiger partial charge in [0.05, 0.1) is 5.75 Å². The van der Waals surface area contributed by atoms with Crippen LogP contribution in [0.1, 0.15) is 34.6 Å².